The van der Waals surface area contributed by atoms with Crippen LogP contribution in [0.5, 0.6) is 0 Å². The minimum atomic E-state index is 0.409. The van der Waals surface area contributed by atoms with E-state index in [4.69, 9.17) is 16.3 Å². The van der Waals surface area contributed by atoms with Gasteiger partial charge in [0, 0.05) is 31.5 Å². The summed E-state index contributed by atoms with van der Waals surface area (Å²) in [5.74, 6) is 1.68. The molecule has 0 atom stereocenters. The van der Waals surface area contributed by atoms with E-state index in [1.807, 2.05) is 0 Å². The van der Waals surface area contributed by atoms with E-state index in [-0.39, 0.29) is 0 Å². The Bertz CT molecular complexity index is 707. The second-order valence-electron chi connectivity index (χ2n) is 5.54. The molecule has 2 N–H and O–H groups in total. The summed E-state index contributed by atoms with van der Waals surface area (Å²) < 4.78 is 5.37. The third-order valence-corrected chi connectivity index (χ3v) is 4.19. The smallest absolute Gasteiger partial charge is 0.212 e. The Morgan fingerprint density at radius 2 is 2.08 bits per heavy atom. The van der Waals surface area contributed by atoms with E-state index in [2.05, 4.69) is 25.6 Å². The number of hydrogen-bond donors (Lipinski definition) is 2. The Morgan fingerprint density at radius 3 is 2.88 bits per heavy atom. The third kappa shape index (κ3) is 4.18. The van der Waals surface area contributed by atoms with Gasteiger partial charge in [-0.15, -0.1) is 0 Å². The fourth-order valence-electron chi connectivity index (χ4n) is 2.55. The summed E-state index contributed by atoms with van der Waals surface area (Å²) >= 11 is 6.20. The molecule has 7 nitrogen and oxygen atoms in total. The Morgan fingerprint density at radius 1 is 1.25 bits per heavy atom. The summed E-state index contributed by atoms with van der Waals surface area (Å²) in [4.78, 5) is 23.4. The SMILES string of the molecule is O=CNc1cc(-c2cncc(NCC3CCOCC3)n2)c(Cl)cn1. The topological polar surface area (TPSA) is 89.0 Å². The average Bonchev–Trinajstić information content (AvgIpc) is 2.63. The van der Waals surface area contributed by atoms with Crippen molar-refractivity contribution in [3.05, 3.63) is 29.7 Å². The molecule has 24 heavy (non-hydrogen) atoms. The summed E-state index contributed by atoms with van der Waals surface area (Å²) in [6.07, 6.45) is 7.46. The monoisotopic (exact) mass is 347 g/mol. The van der Waals surface area contributed by atoms with Gasteiger partial charge in [0.1, 0.15) is 11.6 Å². The molecule has 126 valence electrons. The van der Waals surface area contributed by atoms with Crippen LogP contribution in [-0.4, -0.2) is 41.1 Å². The fourth-order valence-corrected chi connectivity index (χ4v) is 2.75. The molecule has 0 saturated carbocycles. The van der Waals surface area contributed by atoms with Crippen LogP contribution in [0.4, 0.5) is 11.6 Å². The molecule has 0 spiro atoms. The van der Waals surface area contributed by atoms with Gasteiger partial charge in [0.2, 0.25) is 6.41 Å². The molecule has 1 amide bonds. The van der Waals surface area contributed by atoms with Crippen molar-refractivity contribution in [2.75, 3.05) is 30.4 Å². The van der Waals surface area contributed by atoms with Gasteiger partial charge in [-0.25, -0.2) is 9.97 Å². The summed E-state index contributed by atoms with van der Waals surface area (Å²) in [7, 11) is 0. The highest BCUT2D eigenvalue weighted by Gasteiger charge is 2.14. The summed E-state index contributed by atoms with van der Waals surface area (Å²) in [6, 6.07) is 1.67. The zero-order valence-electron chi connectivity index (χ0n) is 13.0. The molecular formula is C16H18ClN5O2. The van der Waals surface area contributed by atoms with Gasteiger partial charge in [0.15, 0.2) is 0 Å². The van der Waals surface area contributed by atoms with Crippen LogP contribution >= 0.6 is 11.6 Å². The molecule has 2 aromatic rings. The van der Waals surface area contributed by atoms with Gasteiger partial charge in [0.25, 0.3) is 0 Å². The molecular weight excluding hydrogens is 330 g/mol. The molecule has 1 aliphatic heterocycles. The molecule has 3 heterocycles. The Balaban J connectivity index is 1.74. The second-order valence-corrected chi connectivity index (χ2v) is 5.94. The van der Waals surface area contributed by atoms with Gasteiger partial charge in [0.05, 0.1) is 23.1 Å². The van der Waals surface area contributed by atoms with E-state index in [0.29, 0.717) is 40.2 Å². The van der Waals surface area contributed by atoms with Gasteiger partial charge in [-0.3, -0.25) is 9.78 Å². The summed E-state index contributed by atoms with van der Waals surface area (Å²) in [5.41, 5.74) is 1.28. The average molecular weight is 348 g/mol. The first kappa shape index (κ1) is 16.6. The van der Waals surface area contributed by atoms with Crippen molar-refractivity contribution in [2.45, 2.75) is 12.8 Å². The Labute approximate surface area is 144 Å². The maximum atomic E-state index is 10.6. The number of nitrogens with one attached hydrogen (secondary N) is 2. The van der Waals surface area contributed by atoms with Crippen molar-refractivity contribution in [3.63, 3.8) is 0 Å². The first-order valence-corrected chi connectivity index (χ1v) is 8.14. The number of carbonyl (C=O) groups excluding carboxylic acids is 1. The van der Waals surface area contributed by atoms with Crippen molar-refractivity contribution in [1.29, 1.82) is 0 Å². The molecule has 3 rings (SSSR count). The number of rotatable bonds is 6. The predicted octanol–water partition coefficient (Wildman–Crippen LogP) is 2.60. The number of aromatic nitrogens is 3. The van der Waals surface area contributed by atoms with Gasteiger partial charge < -0.3 is 15.4 Å². The number of carbonyl (C=O) groups is 1. The molecule has 0 radical (unpaired) electrons. The number of nitrogens with zero attached hydrogens (tertiary/aromatic N) is 3. The molecule has 1 aliphatic rings. The van der Waals surface area contributed by atoms with Gasteiger partial charge in [-0.2, -0.15) is 0 Å². The normalized spacial score (nSPS) is 15.0. The zero-order chi connectivity index (χ0) is 16.8. The molecule has 0 aromatic carbocycles. The number of halogens is 1. The zero-order valence-corrected chi connectivity index (χ0v) is 13.8. The van der Waals surface area contributed by atoms with E-state index in [1.54, 1.807) is 18.5 Å². The van der Waals surface area contributed by atoms with Crippen LogP contribution in [0.3, 0.4) is 0 Å². The van der Waals surface area contributed by atoms with Gasteiger partial charge in [-0.1, -0.05) is 11.6 Å². The second kappa shape index (κ2) is 8.03. The number of pyridine rings is 1. The van der Waals surface area contributed by atoms with Gasteiger partial charge in [-0.05, 0) is 24.8 Å². The van der Waals surface area contributed by atoms with Crippen LogP contribution in [0.15, 0.2) is 24.7 Å². The molecule has 0 bridgehead atoms. The van der Waals surface area contributed by atoms with Crippen LogP contribution in [0.1, 0.15) is 12.8 Å². The molecule has 8 heteroatoms. The number of ether oxygens (including phenoxy) is 1. The fraction of sp³-hybridized carbons (Fsp3) is 0.375. The predicted molar refractivity (Wildman–Crippen MR) is 92.0 cm³/mol. The highest BCUT2D eigenvalue weighted by Crippen LogP contribution is 2.28. The molecule has 0 unspecified atom stereocenters. The maximum absolute atomic E-state index is 10.6. The summed E-state index contributed by atoms with van der Waals surface area (Å²) in [6.45, 7) is 2.47. The van der Waals surface area contributed by atoms with E-state index < -0.39 is 0 Å². The number of amides is 1. The standard InChI is InChI=1S/C16H18ClN5O2/c17-13-7-20-15(21-10-23)5-12(13)14-8-18-9-16(22-14)19-6-11-1-3-24-4-2-11/h5,7-11H,1-4,6H2,(H,19,22)(H,20,21,23). The quantitative estimate of drug-likeness (QED) is 0.781. The lowest BCUT2D eigenvalue weighted by Crippen LogP contribution is -2.23. The molecule has 0 aliphatic carbocycles. The van der Waals surface area contributed by atoms with Crippen LogP contribution in [-0.2, 0) is 9.53 Å². The highest BCUT2D eigenvalue weighted by molar-refractivity contribution is 6.33. The number of hydrogen-bond acceptors (Lipinski definition) is 6. The van der Waals surface area contributed by atoms with Crippen LogP contribution in [0.25, 0.3) is 11.3 Å². The van der Waals surface area contributed by atoms with Crippen LogP contribution in [0, 0.1) is 5.92 Å². The first-order chi connectivity index (χ1) is 11.8. The van der Waals surface area contributed by atoms with Crippen molar-refractivity contribution >= 4 is 29.6 Å². The van der Waals surface area contributed by atoms with E-state index in [0.717, 1.165) is 32.6 Å². The lowest BCUT2D eigenvalue weighted by molar-refractivity contribution is -0.105. The third-order valence-electron chi connectivity index (χ3n) is 3.89. The minimum absolute atomic E-state index is 0.409. The maximum Gasteiger partial charge on any atom is 0.212 e. The van der Waals surface area contributed by atoms with Crippen molar-refractivity contribution in [3.8, 4) is 11.3 Å². The van der Waals surface area contributed by atoms with Crippen molar-refractivity contribution in [2.24, 2.45) is 5.92 Å². The first-order valence-electron chi connectivity index (χ1n) is 7.76. The Hall–Kier alpha value is -2.25. The minimum Gasteiger partial charge on any atom is -0.381 e. The van der Waals surface area contributed by atoms with Crippen LogP contribution in [0.2, 0.25) is 5.02 Å². The van der Waals surface area contributed by atoms with E-state index in [9.17, 15) is 4.79 Å². The summed E-state index contributed by atoms with van der Waals surface area (Å²) in [5, 5.41) is 6.27. The van der Waals surface area contributed by atoms with Gasteiger partial charge >= 0.3 is 0 Å². The largest absolute Gasteiger partial charge is 0.381 e. The lowest BCUT2D eigenvalue weighted by atomic mass is 10.0. The number of anilines is 2. The van der Waals surface area contributed by atoms with E-state index >= 15 is 0 Å². The van der Waals surface area contributed by atoms with Crippen LogP contribution < -0.4 is 10.6 Å². The highest BCUT2D eigenvalue weighted by atomic mass is 35.5. The molecule has 2 aromatic heterocycles. The molecule has 1 fully saturated rings. The van der Waals surface area contributed by atoms with Crippen molar-refractivity contribution in [1.82, 2.24) is 15.0 Å². The van der Waals surface area contributed by atoms with E-state index in [1.165, 1.54) is 6.20 Å². The lowest BCUT2D eigenvalue weighted by Gasteiger charge is -2.22. The molecule has 1 saturated heterocycles. The van der Waals surface area contributed by atoms with Crippen molar-refractivity contribution < 1.29 is 9.53 Å². The Kier molecular flexibility index (Phi) is 5.55.